The number of alkyl halides is 2. The molecule has 6 rings (SSSR count). The second-order valence-corrected chi connectivity index (χ2v) is 8.01. The zero-order chi connectivity index (χ0) is 18.1. The molecule has 2 fully saturated rings. The van der Waals surface area contributed by atoms with Gasteiger partial charge in [0.15, 0.2) is 5.69 Å². The van der Waals surface area contributed by atoms with Crippen LogP contribution in [0.3, 0.4) is 0 Å². The van der Waals surface area contributed by atoms with Crippen molar-refractivity contribution in [2.24, 2.45) is 11.3 Å². The molecule has 9 heteroatoms. The molecule has 0 spiro atoms. The van der Waals surface area contributed by atoms with Gasteiger partial charge in [0.1, 0.15) is 0 Å². The highest BCUT2D eigenvalue weighted by Gasteiger charge is 2.70. The molecular weight excluding hydrogens is 342 g/mol. The van der Waals surface area contributed by atoms with Crippen molar-refractivity contribution in [3.05, 3.63) is 29.3 Å². The van der Waals surface area contributed by atoms with Crippen LogP contribution in [0.1, 0.15) is 41.0 Å². The number of anilines is 1. The zero-order valence-electron chi connectivity index (χ0n) is 14.4. The third-order valence-corrected chi connectivity index (χ3v) is 6.11. The fourth-order valence-corrected chi connectivity index (χ4v) is 4.40. The summed E-state index contributed by atoms with van der Waals surface area (Å²) >= 11 is 0. The third-order valence-electron chi connectivity index (χ3n) is 6.11. The van der Waals surface area contributed by atoms with E-state index in [1.807, 2.05) is 0 Å². The molecule has 2 atom stereocenters. The number of amides is 1. The summed E-state index contributed by atoms with van der Waals surface area (Å²) in [6, 6.07) is 0. The molecule has 1 saturated carbocycles. The molecule has 0 radical (unpaired) electrons. The number of H-pyrrole nitrogens is 1. The van der Waals surface area contributed by atoms with Crippen LogP contribution < -0.4 is 10.6 Å². The van der Waals surface area contributed by atoms with E-state index >= 15 is 0 Å². The standard InChI is InChI=1S/C17H20F2N6O/c1-16-2-11(17(16,18)19)13-12(3-16)23-24-14(13)15(26)22-10-6-21-25(8-10)7-9-4-20-5-9/h6,8-9,11,20H,2-5,7H2,1H3,(H,22,26)(H,23,24)/t11?,16-/m0/s1. The molecule has 0 aromatic carbocycles. The maximum atomic E-state index is 14.4. The van der Waals surface area contributed by atoms with Crippen molar-refractivity contribution in [2.75, 3.05) is 18.4 Å². The van der Waals surface area contributed by atoms with Gasteiger partial charge in [-0.3, -0.25) is 14.6 Å². The number of carbonyl (C=O) groups excluding carboxylic acids is 1. The Morgan fingerprint density at radius 2 is 2.27 bits per heavy atom. The Morgan fingerprint density at radius 1 is 1.46 bits per heavy atom. The summed E-state index contributed by atoms with van der Waals surface area (Å²) in [5, 5.41) is 17.0. The van der Waals surface area contributed by atoms with Gasteiger partial charge in [0, 0.05) is 54.8 Å². The van der Waals surface area contributed by atoms with Gasteiger partial charge in [-0.05, 0) is 6.42 Å². The lowest BCUT2D eigenvalue weighted by molar-refractivity contribution is -0.221. The number of nitrogens with zero attached hydrogens (tertiary/aromatic N) is 3. The van der Waals surface area contributed by atoms with Crippen molar-refractivity contribution in [3.8, 4) is 0 Å². The van der Waals surface area contributed by atoms with E-state index in [0.717, 1.165) is 19.6 Å². The van der Waals surface area contributed by atoms with E-state index in [4.69, 9.17) is 0 Å². The minimum Gasteiger partial charge on any atom is -0.318 e. The van der Waals surface area contributed by atoms with E-state index in [0.29, 0.717) is 29.3 Å². The van der Waals surface area contributed by atoms with Crippen LogP contribution in [-0.2, 0) is 13.0 Å². The van der Waals surface area contributed by atoms with Crippen LogP contribution in [0.15, 0.2) is 12.4 Å². The lowest BCUT2D eigenvalue weighted by Crippen LogP contribution is -2.59. The maximum Gasteiger partial charge on any atom is 0.276 e. The molecule has 1 aliphatic heterocycles. The molecule has 1 amide bonds. The number of halogens is 2. The molecule has 26 heavy (non-hydrogen) atoms. The van der Waals surface area contributed by atoms with Gasteiger partial charge in [-0.1, -0.05) is 6.92 Å². The SMILES string of the molecule is C[C@@]12Cc3[nH]nc(C(=O)Nc4cnn(CC5CNC5)c4)c3C(C1)C2(F)F. The zero-order valence-corrected chi connectivity index (χ0v) is 14.4. The van der Waals surface area contributed by atoms with Gasteiger partial charge in [-0.25, -0.2) is 8.78 Å². The Balaban J connectivity index is 1.35. The van der Waals surface area contributed by atoms with E-state index < -0.39 is 23.2 Å². The number of aromatic amines is 1. The lowest BCUT2D eigenvalue weighted by atomic mass is 9.51. The summed E-state index contributed by atoms with van der Waals surface area (Å²) < 4.78 is 30.6. The fourth-order valence-electron chi connectivity index (χ4n) is 4.40. The predicted octanol–water partition coefficient (Wildman–Crippen LogP) is 1.76. The molecule has 2 aromatic heterocycles. The van der Waals surface area contributed by atoms with Crippen LogP contribution in [0.25, 0.3) is 0 Å². The highest BCUT2D eigenvalue weighted by molar-refractivity contribution is 6.04. The number of hydrogen-bond donors (Lipinski definition) is 3. The predicted molar refractivity (Wildman–Crippen MR) is 89.2 cm³/mol. The van der Waals surface area contributed by atoms with Crippen LogP contribution in [0.2, 0.25) is 0 Å². The van der Waals surface area contributed by atoms with Crippen molar-refractivity contribution >= 4 is 11.6 Å². The first-order valence-corrected chi connectivity index (χ1v) is 8.87. The first-order valence-electron chi connectivity index (χ1n) is 8.87. The van der Waals surface area contributed by atoms with Gasteiger partial charge in [0.2, 0.25) is 0 Å². The monoisotopic (exact) mass is 362 g/mol. The van der Waals surface area contributed by atoms with Crippen LogP contribution >= 0.6 is 0 Å². The molecule has 1 unspecified atom stereocenters. The second kappa shape index (κ2) is 5.12. The molecule has 3 heterocycles. The summed E-state index contributed by atoms with van der Waals surface area (Å²) in [4.78, 5) is 12.6. The minimum absolute atomic E-state index is 0.0716. The molecule has 2 bridgehead atoms. The van der Waals surface area contributed by atoms with Crippen molar-refractivity contribution in [1.82, 2.24) is 25.3 Å². The molecule has 3 N–H and O–H groups in total. The van der Waals surface area contributed by atoms with Crippen molar-refractivity contribution in [3.63, 3.8) is 0 Å². The van der Waals surface area contributed by atoms with Gasteiger partial charge in [-0.15, -0.1) is 0 Å². The largest absolute Gasteiger partial charge is 0.318 e. The number of aromatic nitrogens is 4. The highest BCUT2D eigenvalue weighted by Crippen LogP contribution is 2.67. The summed E-state index contributed by atoms with van der Waals surface area (Å²) in [7, 11) is 0. The molecule has 1 saturated heterocycles. The second-order valence-electron chi connectivity index (χ2n) is 8.01. The van der Waals surface area contributed by atoms with E-state index in [1.165, 1.54) is 0 Å². The molecule has 138 valence electrons. The first-order chi connectivity index (χ1) is 12.4. The summed E-state index contributed by atoms with van der Waals surface area (Å²) in [5.41, 5.74) is 0.627. The molecule has 2 aromatic rings. The normalized spacial score (nSPS) is 28.8. The Hall–Kier alpha value is -2.29. The lowest BCUT2D eigenvalue weighted by Gasteiger charge is -2.56. The van der Waals surface area contributed by atoms with Gasteiger partial charge in [-0.2, -0.15) is 10.2 Å². The average molecular weight is 362 g/mol. The molecular formula is C17H20F2N6O. The number of hydrogen-bond acceptors (Lipinski definition) is 4. The van der Waals surface area contributed by atoms with E-state index in [-0.39, 0.29) is 12.1 Å². The summed E-state index contributed by atoms with van der Waals surface area (Å²) in [6.45, 7) is 4.32. The third kappa shape index (κ3) is 2.09. The van der Waals surface area contributed by atoms with Gasteiger partial charge in [0.25, 0.3) is 11.8 Å². The van der Waals surface area contributed by atoms with Crippen molar-refractivity contribution in [2.45, 2.75) is 38.2 Å². The smallest absolute Gasteiger partial charge is 0.276 e. The van der Waals surface area contributed by atoms with Gasteiger partial charge < -0.3 is 10.6 Å². The fraction of sp³-hybridized carbons (Fsp3) is 0.588. The Kier molecular flexibility index (Phi) is 3.14. The van der Waals surface area contributed by atoms with Crippen molar-refractivity contribution < 1.29 is 13.6 Å². The minimum atomic E-state index is -2.79. The first kappa shape index (κ1) is 15.9. The number of carbonyl (C=O) groups is 1. The van der Waals surface area contributed by atoms with Crippen molar-refractivity contribution in [1.29, 1.82) is 0 Å². The molecule has 4 aliphatic rings. The Labute approximate surface area is 148 Å². The van der Waals surface area contributed by atoms with Crippen LogP contribution in [0.4, 0.5) is 14.5 Å². The van der Waals surface area contributed by atoms with Crippen LogP contribution in [0, 0.1) is 11.3 Å². The quantitative estimate of drug-likeness (QED) is 0.773. The average Bonchev–Trinajstić information content (AvgIpc) is 3.16. The molecule has 3 aliphatic carbocycles. The van der Waals surface area contributed by atoms with Gasteiger partial charge in [0.05, 0.1) is 17.8 Å². The van der Waals surface area contributed by atoms with E-state index in [1.54, 1.807) is 24.0 Å². The maximum absolute atomic E-state index is 14.4. The van der Waals surface area contributed by atoms with E-state index in [9.17, 15) is 13.6 Å². The summed E-state index contributed by atoms with van der Waals surface area (Å²) in [6.07, 6.45) is 3.93. The van der Waals surface area contributed by atoms with Gasteiger partial charge >= 0.3 is 0 Å². The highest BCUT2D eigenvalue weighted by atomic mass is 19.3. The molecule has 7 nitrogen and oxygen atoms in total. The number of rotatable bonds is 4. The Morgan fingerprint density at radius 3 is 2.96 bits per heavy atom. The van der Waals surface area contributed by atoms with E-state index in [2.05, 4.69) is 25.9 Å². The Bertz CT molecular complexity index is 886. The summed E-state index contributed by atoms with van der Waals surface area (Å²) in [5.74, 6) is -3.64. The topological polar surface area (TPSA) is 87.6 Å². The van der Waals surface area contributed by atoms with Crippen LogP contribution in [0.5, 0.6) is 0 Å². The number of nitrogens with one attached hydrogen (secondary N) is 3. The van der Waals surface area contributed by atoms with Crippen LogP contribution in [-0.4, -0.2) is 44.9 Å².